The first-order valence-corrected chi connectivity index (χ1v) is 20.2. The predicted molar refractivity (Wildman–Crippen MR) is 219 cm³/mol. The number of phenolic OH excluding ortho intramolecular Hbond substituents is 1. The minimum Gasteiger partial charge on any atom is -0.508 e. The highest BCUT2D eigenvalue weighted by molar-refractivity contribution is 5.96. The van der Waals surface area contributed by atoms with E-state index in [0.717, 1.165) is 18.4 Å². The molecule has 316 valence electrons. The SMILES string of the molecule is CCCCC(N)C(=O)NC(CC(C)C)C(=O)NC(Cc1ccccc1)C(=O)NC(CCCC)C(=O)NC(Cc1ccc(O)cc1)C(=O)NC(CCCCN)C(=O)O. The summed E-state index contributed by atoms with van der Waals surface area (Å²) >= 11 is 0. The second kappa shape index (κ2) is 26.0. The maximum Gasteiger partial charge on any atom is 0.326 e. The van der Waals surface area contributed by atoms with Crippen LogP contribution in [0.15, 0.2) is 54.6 Å². The summed E-state index contributed by atoms with van der Waals surface area (Å²) in [7, 11) is 0. The van der Waals surface area contributed by atoms with Gasteiger partial charge in [0.1, 0.15) is 36.0 Å². The van der Waals surface area contributed by atoms with Crippen molar-refractivity contribution in [1.29, 1.82) is 0 Å². The van der Waals surface area contributed by atoms with Crippen molar-refractivity contribution in [2.24, 2.45) is 17.4 Å². The number of nitrogens with one attached hydrogen (secondary N) is 5. The van der Waals surface area contributed by atoms with Crippen LogP contribution in [0.3, 0.4) is 0 Å². The molecule has 0 aromatic heterocycles. The molecule has 15 nitrogen and oxygen atoms in total. The van der Waals surface area contributed by atoms with Crippen molar-refractivity contribution in [2.75, 3.05) is 6.54 Å². The summed E-state index contributed by atoms with van der Waals surface area (Å²) in [6, 6.07) is 8.54. The third-order valence-electron chi connectivity index (χ3n) is 9.51. The van der Waals surface area contributed by atoms with Crippen LogP contribution < -0.4 is 38.1 Å². The molecule has 0 fully saturated rings. The quantitative estimate of drug-likeness (QED) is 0.0598. The number of nitrogens with two attached hydrogens (primary N) is 2. The maximum atomic E-state index is 14.2. The zero-order valence-electron chi connectivity index (χ0n) is 33.9. The molecule has 0 radical (unpaired) electrons. The van der Waals surface area contributed by atoms with E-state index < -0.39 is 71.8 Å². The Morgan fingerprint density at radius 3 is 1.56 bits per heavy atom. The van der Waals surface area contributed by atoms with Gasteiger partial charge in [0.25, 0.3) is 0 Å². The van der Waals surface area contributed by atoms with Crippen molar-refractivity contribution >= 4 is 35.5 Å². The van der Waals surface area contributed by atoms with Gasteiger partial charge in [-0.3, -0.25) is 24.0 Å². The van der Waals surface area contributed by atoms with Crippen molar-refractivity contribution in [3.63, 3.8) is 0 Å². The van der Waals surface area contributed by atoms with E-state index in [1.54, 1.807) is 36.4 Å². The van der Waals surface area contributed by atoms with Crippen molar-refractivity contribution in [1.82, 2.24) is 26.6 Å². The molecule has 0 heterocycles. The Morgan fingerprint density at radius 1 is 0.579 bits per heavy atom. The Kier molecular flexibility index (Phi) is 22.0. The smallest absolute Gasteiger partial charge is 0.326 e. The Hall–Kier alpha value is -5.02. The van der Waals surface area contributed by atoms with Gasteiger partial charge in [-0.05, 0) is 74.2 Å². The van der Waals surface area contributed by atoms with E-state index in [1.807, 2.05) is 33.8 Å². The fourth-order valence-electron chi connectivity index (χ4n) is 6.19. The molecular weight excluding hydrogens is 731 g/mol. The lowest BCUT2D eigenvalue weighted by molar-refractivity contribution is -0.142. The standard InChI is InChI=1S/C42H65N7O8/c1-5-7-16-31(44)37(51)47-34(24-27(3)4)39(53)49-35(25-28-14-10-9-11-15-28)40(54)45-32(17-8-6-2)38(52)48-36(26-29-19-21-30(50)22-20-29)41(55)46-33(42(56)57)18-12-13-23-43/h9-11,14-15,19-22,27,31-36,50H,5-8,12-13,16-18,23-26,43-44H2,1-4H3,(H,45,54)(H,46,55)(H,47,51)(H,48,52)(H,49,53)(H,56,57). The highest BCUT2D eigenvalue weighted by Crippen LogP contribution is 2.14. The lowest BCUT2D eigenvalue weighted by Gasteiger charge is -2.28. The average Bonchev–Trinajstić information content (AvgIpc) is 3.18. The predicted octanol–water partition coefficient (Wildman–Crippen LogP) is 2.57. The molecule has 6 unspecified atom stereocenters. The van der Waals surface area contributed by atoms with Crippen LogP contribution in [0.5, 0.6) is 5.75 Å². The molecule has 5 amide bonds. The highest BCUT2D eigenvalue weighted by Gasteiger charge is 2.33. The fourth-order valence-corrected chi connectivity index (χ4v) is 6.19. The fraction of sp³-hybridized carbons (Fsp3) is 0.571. The van der Waals surface area contributed by atoms with E-state index in [0.29, 0.717) is 50.6 Å². The van der Waals surface area contributed by atoms with E-state index in [2.05, 4.69) is 26.6 Å². The summed E-state index contributed by atoms with van der Waals surface area (Å²) < 4.78 is 0. The monoisotopic (exact) mass is 795 g/mol. The van der Waals surface area contributed by atoms with Gasteiger partial charge in [-0.25, -0.2) is 4.79 Å². The first kappa shape index (κ1) is 48.1. The molecule has 0 saturated heterocycles. The van der Waals surface area contributed by atoms with E-state index in [1.165, 1.54) is 12.1 Å². The number of hydrogen-bond donors (Lipinski definition) is 9. The number of rotatable bonds is 27. The number of phenols is 1. The first-order valence-electron chi connectivity index (χ1n) is 20.2. The molecule has 0 spiro atoms. The second-order valence-corrected chi connectivity index (χ2v) is 15.0. The Labute approximate surface area is 336 Å². The lowest BCUT2D eigenvalue weighted by Crippen LogP contribution is -2.60. The molecule has 57 heavy (non-hydrogen) atoms. The maximum absolute atomic E-state index is 14.2. The third kappa shape index (κ3) is 18.2. The van der Waals surface area contributed by atoms with Gasteiger partial charge in [0.15, 0.2) is 0 Å². The largest absolute Gasteiger partial charge is 0.508 e. The van der Waals surface area contributed by atoms with Crippen LogP contribution >= 0.6 is 0 Å². The van der Waals surface area contributed by atoms with Crippen LogP contribution in [-0.4, -0.2) is 88.5 Å². The van der Waals surface area contributed by atoms with Crippen LogP contribution in [0.25, 0.3) is 0 Å². The Bertz CT molecular complexity index is 1560. The summed E-state index contributed by atoms with van der Waals surface area (Å²) in [5, 5.41) is 33.3. The average molecular weight is 796 g/mol. The number of amides is 5. The molecular formula is C42H65N7O8. The number of carboxylic acid groups (broad SMARTS) is 1. The molecule has 15 heteroatoms. The minimum absolute atomic E-state index is 0.00239. The van der Waals surface area contributed by atoms with Crippen LogP contribution in [0, 0.1) is 5.92 Å². The van der Waals surface area contributed by atoms with Crippen LogP contribution in [0.1, 0.15) is 103 Å². The molecule has 0 aliphatic heterocycles. The van der Waals surface area contributed by atoms with Crippen LogP contribution in [-0.2, 0) is 41.6 Å². The Balaban J connectivity index is 2.40. The van der Waals surface area contributed by atoms with Gasteiger partial charge in [0.2, 0.25) is 29.5 Å². The van der Waals surface area contributed by atoms with Gasteiger partial charge in [-0.1, -0.05) is 95.8 Å². The first-order chi connectivity index (χ1) is 27.2. The van der Waals surface area contributed by atoms with Gasteiger partial charge in [0.05, 0.1) is 6.04 Å². The van der Waals surface area contributed by atoms with Crippen LogP contribution in [0.4, 0.5) is 0 Å². The number of hydrogen-bond acceptors (Lipinski definition) is 9. The van der Waals surface area contributed by atoms with Gasteiger partial charge in [-0.2, -0.15) is 0 Å². The third-order valence-corrected chi connectivity index (χ3v) is 9.51. The zero-order chi connectivity index (χ0) is 42.3. The zero-order valence-corrected chi connectivity index (χ0v) is 33.9. The molecule has 11 N–H and O–H groups in total. The number of aromatic hydroxyl groups is 1. The number of carbonyl (C=O) groups excluding carboxylic acids is 5. The second-order valence-electron chi connectivity index (χ2n) is 15.0. The summed E-state index contributed by atoms with van der Waals surface area (Å²) in [5.74, 6) is -4.31. The van der Waals surface area contributed by atoms with Crippen molar-refractivity contribution < 1.29 is 39.0 Å². The molecule has 0 aliphatic carbocycles. The van der Waals surface area contributed by atoms with E-state index in [4.69, 9.17) is 11.5 Å². The van der Waals surface area contributed by atoms with E-state index >= 15 is 0 Å². The van der Waals surface area contributed by atoms with Gasteiger partial charge in [0, 0.05) is 12.8 Å². The summed E-state index contributed by atoms with van der Waals surface area (Å²) in [6.45, 7) is 8.10. The van der Waals surface area contributed by atoms with Gasteiger partial charge >= 0.3 is 5.97 Å². The molecule has 0 saturated carbocycles. The number of carbonyl (C=O) groups is 6. The molecule has 6 atom stereocenters. The number of aliphatic carboxylic acids is 1. The van der Waals surface area contributed by atoms with Gasteiger partial charge < -0.3 is 48.3 Å². The van der Waals surface area contributed by atoms with Crippen molar-refractivity contribution in [3.05, 3.63) is 65.7 Å². The van der Waals surface area contributed by atoms with Crippen molar-refractivity contribution in [3.8, 4) is 5.75 Å². The van der Waals surface area contributed by atoms with Crippen LogP contribution in [0.2, 0.25) is 0 Å². The number of unbranched alkanes of at least 4 members (excludes halogenated alkanes) is 3. The lowest BCUT2D eigenvalue weighted by atomic mass is 9.99. The normalized spacial score (nSPS) is 14.3. The molecule has 0 aliphatic rings. The topological polar surface area (TPSA) is 255 Å². The Morgan fingerprint density at radius 2 is 1.04 bits per heavy atom. The molecule has 2 rings (SSSR count). The highest BCUT2D eigenvalue weighted by atomic mass is 16.4. The molecule has 2 aromatic rings. The molecule has 2 aromatic carbocycles. The van der Waals surface area contributed by atoms with Crippen molar-refractivity contribution in [2.45, 2.75) is 141 Å². The number of carboxylic acids is 1. The van der Waals surface area contributed by atoms with Gasteiger partial charge in [-0.15, -0.1) is 0 Å². The van der Waals surface area contributed by atoms with E-state index in [-0.39, 0.29) is 37.4 Å². The van der Waals surface area contributed by atoms with E-state index in [9.17, 15) is 39.0 Å². The summed E-state index contributed by atoms with van der Waals surface area (Å²) in [6.07, 6.45) is 4.98. The summed E-state index contributed by atoms with van der Waals surface area (Å²) in [5.41, 5.74) is 13.0. The summed E-state index contributed by atoms with van der Waals surface area (Å²) in [4.78, 5) is 80.7. The number of benzene rings is 2. The minimum atomic E-state index is -1.25. The molecule has 0 bridgehead atoms.